The molecule has 0 radical (unpaired) electrons. The number of aliphatic hydroxyl groups is 1. The monoisotopic (exact) mass is 229 g/mol. The van der Waals surface area contributed by atoms with E-state index in [1.54, 1.807) is 18.2 Å². The highest BCUT2D eigenvalue weighted by Gasteiger charge is 2.32. The van der Waals surface area contributed by atoms with Gasteiger partial charge in [0, 0.05) is 10.9 Å². The molecule has 1 aromatic carbocycles. The molecule has 0 amide bonds. The number of rotatable bonds is 1. The van der Waals surface area contributed by atoms with Crippen LogP contribution in [0.3, 0.4) is 0 Å². The molecule has 2 rings (SSSR count). The highest BCUT2D eigenvalue weighted by Crippen LogP contribution is 2.33. The SMILES string of the molecule is CC(O)c1cccc2[nH]c(C(F)(F)F)cc12. The van der Waals surface area contributed by atoms with Crippen molar-refractivity contribution in [3.05, 3.63) is 35.5 Å². The van der Waals surface area contributed by atoms with E-state index in [4.69, 9.17) is 0 Å². The van der Waals surface area contributed by atoms with Crippen molar-refractivity contribution in [3.63, 3.8) is 0 Å². The Hall–Kier alpha value is -1.49. The van der Waals surface area contributed by atoms with Gasteiger partial charge in [0.15, 0.2) is 0 Å². The quantitative estimate of drug-likeness (QED) is 0.773. The largest absolute Gasteiger partial charge is 0.431 e. The zero-order valence-corrected chi connectivity index (χ0v) is 8.47. The van der Waals surface area contributed by atoms with Gasteiger partial charge in [0.1, 0.15) is 5.69 Å². The van der Waals surface area contributed by atoms with Crippen LogP contribution in [0.4, 0.5) is 13.2 Å². The van der Waals surface area contributed by atoms with Crippen LogP contribution in [0.15, 0.2) is 24.3 Å². The van der Waals surface area contributed by atoms with Crippen molar-refractivity contribution in [1.82, 2.24) is 4.98 Å². The summed E-state index contributed by atoms with van der Waals surface area (Å²) in [5.41, 5.74) is 0.0746. The number of halogens is 3. The number of fused-ring (bicyclic) bond motifs is 1. The first-order chi connectivity index (χ1) is 7.39. The molecule has 2 aromatic rings. The van der Waals surface area contributed by atoms with Gasteiger partial charge in [-0.15, -0.1) is 0 Å². The molecule has 1 heterocycles. The third-order valence-corrected chi connectivity index (χ3v) is 2.45. The van der Waals surface area contributed by atoms with E-state index < -0.39 is 18.0 Å². The normalized spacial score (nSPS) is 14.3. The first-order valence-electron chi connectivity index (χ1n) is 4.76. The molecule has 0 aliphatic rings. The number of hydrogen-bond donors (Lipinski definition) is 2. The molecule has 1 unspecified atom stereocenters. The van der Waals surface area contributed by atoms with E-state index >= 15 is 0 Å². The van der Waals surface area contributed by atoms with E-state index in [1.807, 2.05) is 0 Å². The van der Waals surface area contributed by atoms with Crippen molar-refractivity contribution in [3.8, 4) is 0 Å². The van der Waals surface area contributed by atoms with Gasteiger partial charge in [0.25, 0.3) is 0 Å². The maximum absolute atomic E-state index is 12.5. The molecular formula is C11H10F3NO. The second-order valence-electron chi connectivity index (χ2n) is 3.67. The van der Waals surface area contributed by atoms with Crippen molar-refractivity contribution in [2.45, 2.75) is 19.2 Å². The predicted octanol–water partition coefficient (Wildman–Crippen LogP) is 3.24. The molecule has 1 aromatic heterocycles. The smallest absolute Gasteiger partial charge is 0.389 e. The molecule has 0 bridgehead atoms. The average molecular weight is 229 g/mol. The third kappa shape index (κ3) is 1.78. The van der Waals surface area contributed by atoms with Crippen molar-refractivity contribution in [2.75, 3.05) is 0 Å². The van der Waals surface area contributed by atoms with Crippen molar-refractivity contribution in [1.29, 1.82) is 0 Å². The molecule has 0 saturated heterocycles. The van der Waals surface area contributed by atoms with Crippen LogP contribution in [0.5, 0.6) is 0 Å². The van der Waals surface area contributed by atoms with E-state index in [1.165, 1.54) is 6.92 Å². The Morgan fingerprint density at radius 2 is 2.00 bits per heavy atom. The highest BCUT2D eigenvalue weighted by atomic mass is 19.4. The van der Waals surface area contributed by atoms with Crippen molar-refractivity contribution in [2.24, 2.45) is 0 Å². The van der Waals surface area contributed by atoms with Crippen molar-refractivity contribution < 1.29 is 18.3 Å². The number of alkyl halides is 3. The number of hydrogen-bond acceptors (Lipinski definition) is 1. The van der Waals surface area contributed by atoms with Gasteiger partial charge in [0.2, 0.25) is 0 Å². The van der Waals surface area contributed by atoms with Crippen LogP contribution in [0.25, 0.3) is 10.9 Å². The second kappa shape index (κ2) is 3.52. The third-order valence-electron chi connectivity index (χ3n) is 2.45. The standard InChI is InChI=1S/C11H10F3NO/c1-6(16)7-3-2-4-9-8(7)5-10(15-9)11(12,13)14/h2-6,15-16H,1H3. The van der Waals surface area contributed by atoms with E-state index in [9.17, 15) is 18.3 Å². The molecule has 2 N–H and O–H groups in total. The van der Waals surface area contributed by atoms with Gasteiger partial charge in [-0.25, -0.2) is 0 Å². The van der Waals surface area contributed by atoms with Crippen LogP contribution in [0.2, 0.25) is 0 Å². The summed E-state index contributed by atoms with van der Waals surface area (Å²) in [5, 5.41) is 9.85. The fourth-order valence-electron chi connectivity index (χ4n) is 1.70. The maximum Gasteiger partial charge on any atom is 0.431 e. The molecule has 0 aliphatic carbocycles. The van der Waals surface area contributed by atoms with Crippen LogP contribution in [0.1, 0.15) is 24.3 Å². The average Bonchev–Trinajstić information content (AvgIpc) is 2.59. The minimum Gasteiger partial charge on any atom is -0.389 e. The molecule has 86 valence electrons. The molecular weight excluding hydrogens is 219 g/mol. The van der Waals surface area contributed by atoms with Crippen LogP contribution >= 0.6 is 0 Å². The lowest BCUT2D eigenvalue weighted by molar-refractivity contribution is -0.140. The van der Waals surface area contributed by atoms with Crippen LogP contribution in [-0.4, -0.2) is 10.1 Å². The van der Waals surface area contributed by atoms with Gasteiger partial charge >= 0.3 is 6.18 Å². The Kier molecular flexibility index (Phi) is 2.42. The Morgan fingerprint density at radius 3 is 2.56 bits per heavy atom. The fraction of sp³-hybridized carbons (Fsp3) is 0.273. The van der Waals surface area contributed by atoms with Crippen LogP contribution in [-0.2, 0) is 6.18 Å². The fourth-order valence-corrected chi connectivity index (χ4v) is 1.70. The Balaban J connectivity index is 2.66. The number of benzene rings is 1. The molecule has 0 spiro atoms. The lowest BCUT2D eigenvalue weighted by Gasteiger charge is -2.05. The molecule has 1 atom stereocenters. The molecule has 0 saturated carbocycles. The van der Waals surface area contributed by atoms with Gasteiger partial charge in [-0.05, 0) is 24.6 Å². The number of aromatic amines is 1. The van der Waals surface area contributed by atoms with Gasteiger partial charge in [-0.3, -0.25) is 0 Å². The van der Waals surface area contributed by atoms with Gasteiger partial charge in [-0.1, -0.05) is 12.1 Å². The summed E-state index contributed by atoms with van der Waals surface area (Å²) in [6.07, 6.45) is -5.18. The van der Waals surface area contributed by atoms with E-state index in [-0.39, 0.29) is 0 Å². The molecule has 0 fully saturated rings. The number of aliphatic hydroxyl groups excluding tert-OH is 1. The number of H-pyrrole nitrogens is 1. The van der Waals surface area contributed by atoms with E-state index in [0.717, 1.165) is 6.07 Å². The summed E-state index contributed by atoms with van der Waals surface area (Å²) in [6, 6.07) is 5.80. The van der Waals surface area contributed by atoms with Crippen LogP contribution < -0.4 is 0 Å². The van der Waals surface area contributed by atoms with Crippen LogP contribution in [0, 0.1) is 0 Å². The topological polar surface area (TPSA) is 36.0 Å². The van der Waals surface area contributed by atoms with Gasteiger partial charge in [-0.2, -0.15) is 13.2 Å². The number of nitrogens with one attached hydrogen (secondary N) is 1. The molecule has 2 nitrogen and oxygen atoms in total. The summed E-state index contributed by atoms with van der Waals surface area (Å²) < 4.78 is 37.4. The minimum atomic E-state index is -4.39. The minimum absolute atomic E-state index is 0.380. The summed E-state index contributed by atoms with van der Waals surface area (Å²) in [7, 11) is 0. The zero-order chi connectivity index (χ0) is 11.9. The predicted molar refractivity (Wildman–Crippen MR) is 53.9 cm³/mol. The first-order valence-corrected chi connectivity index (χ1v) is 4.76. The number of aromatic nitrogens is 1. The molecule has 0 aliphatic heterocycles. The van der Waals surface area contributed by atoms with E-state index in [2.05, 4.69) is 4.98 Å². The summed E-state index contributed by atoms with van der Waals surface area (Å²) in [4.78, 5) is 2.29. The van der Waals surface area contributed by atoms with E-state index in [0.29, 0.717) is 16.5 Å². The first kappa shape index (κ1) is 11.0. The summed E-state index contributed by atoms with van der Waals surface area (Å²) in [5.74, 6) is 0. The lowest BCUT2D eigenvalue weighted by atomic mass is 10.1. The summed E-state index contributed by atoms with van der Waals surface area (Å²) >= 11 is 0. The second-order valence-corrected chi connectivity index (χ2v) is 3.67. The van der Waals surface area contributed by atoms with Crippen molar-refractivity contribution >= 4 is 10.9 Å². The van der Waals surface area contributed by atoms with Gasteiger partial charge in [0.05, 0.1) is 6.10 Å². The van der Waals surface area contributed by atoms with Gasteiger partial charge < -0.3 is 10.1 Å². The lowest BCUT2D eigenvalue weighted by Crippen LogP contribution is -2.04. The summed E-state index contributed by atoms with van der Waals surface area (Å²) in [6.45, 7) is 1.52. The highest BCUT2D eigenvalue weighted by molar-refractivity contribution is 5.84. The molecule has 16 heavy (non-hydrogen) atoms. The Labute approximate surface area is 89.7 Å². The Bertz CT molecular complexity index is 513. The maximum atomic E-state index is 12.5. The molecule has 5 heteroatoms. The zero-order valence-electron chi connectivity index (χ0n) is 8.47. The Morgan fingerprint density at radius 1 is 1.31 bits per heavy atom.